The van der Waals surface area contributed by atoms with E-state index in [0.717, 1.165) is 0 Å². The van der Waals surface area contributed by atoms with Crippen LogP contribution in [-0.4, -0.2) is 31.3 Å². The molecule has 7 nitrogen and oxygen atoms in total. The third-order valence-corrected chi connectivity index (χ3v) is 4.26. The summed E-state index contributed by atoms with van der Waals surface area (Å²) in [6.45, 7) is 3.49. The number of pyridine rings is 1. The molecule has 26 heavy (non-hydrogen) atoms. The van der Waals surface area contributed by atoms with Gasteiger partial charge in [0.15, 0.2) is 18.1 Å². The topological polar surface area (TPSA) is 101 Å². The molecule has 2 rings (SSSR count). The number of carbonyl (C=O) groups is 1. The van der Waals surface area contributed by atoms with E-state index in [9.17, 15) is 14.9 Å². The molecule has 1 heterocycles. The molecule has 0 radical (unpaired) electrons. The van der Waals surface area contributed by atoms with Crippen LogP contribution in [-0.2, 0) is 9.53 Å². The van der Waals surface area contributed by atoms with Gasteiger partial charge < -0.3 is 19.2 Å². The van der Waals surface area contributed by atoms with Crippen LogP contribution in [0.1, 0.15) is 18.2 Å². The predicted molar refractivity (Wildman–Crippen MR) is 103 cm³/mol. The lowest BCUT2D eigenvalue weighted by molar-refractivity contribution is -0.145. The molecule has 0 saturated carbocycles. The third-order valence-electron chi connectivity index (χ3n) is 3.46. The van der Waals surface area contributed by atoms with Crippen molar-refractivity contribution in [3.63, 3.8) is 0 Å². The van der Waals surface area contributed by atoms with Gasteiger partial charge in [0.2, 0.25) is 0 Å². The summed E-state index contributed by atoms with van der Waals surface area (Å²) in [7, 11) is 1.47. The highest BCUT2D eigenvalue weighted by Gasteiger charge is 2.17. The molecule has 8 heteroatoms. The number of hydrogen-bond acceptors (Lipinski definition) is 6. The maximum Gasteiger partial charge on any atom is 0.344 e. The molecule has 1 aromatic heterocycles. The molecular formula is C18H17IN2O5. The van der Waals surface area contributed by atoms with Gasteiger partial charge in [0, 0.05) is 11.3 Å². The lowest BCUT2D eigenvalue weighted by Gasteiger charge is -2.15. The van der Waals surface area contributed by atoms with Gasteiger partial charge in [-0.3, -0.25) is 4.79 Å². The molecule has 0 saturated heterocycles. The molecule has 0 fully saturated rings. The average Bonchev–Trinajstić information content (AvgIpc) is 2.59. The maximum absolute atomic E-state index is 12.0. The summed E-state index contributed by atoms with van der Waals surface area (Å²) in [5.74, 6) is 0.300. The number of carbonyl (C=O) groups excluding carboxylic acids is 1. The molecule has 2 aromatic rings. The van der Waals surface area contributed by atoms with Crippen LogP contribution < -0.4 is 15.0 Å². The van der Waals surface area contributed by atoms with Gasteiger partial charge in [0.05, 0.1) is 17.3 Å². The molecule has 0 atom stereocenters. The molecular weight excluding hydrogens is 451 g/mol. The maximum atomic E-state index is 12.0. The fourth-order valence-corrected chi connectivity index (χ4v) is 3.13. The Bertz CT molecular complexity index is 930. The van der Waals surface area contributed by atoms with Crippen molar-refractivity contribution in [2.75, 3.05) is 20.3 Å². The van der Waals surface area contributed by atoms with E-state index in [2.05, 4.69) is 4.98 Å². The lowest BCUT2D eigenvalue weighted by atomic mass is 10.0. The van der Waals surface area contributed by atoms with Crippen LogP contribution in [0, 0.1) is 21.8 Å². The van der Waals surface area contributed by atoms with Crippen LogP contribution in [0.15, 0.2) is 23.0 Å². The minimum absolute atomic E-state index is 0.0219. The van der Waals surface area contributed by atoms with Gasteiger partial charge in [-0.15, -0.1) is 0 Å². The second-order valence-electron chi connectivity index (χ2n) is 5.27. The van der Waals surface area contributed by atoms with Crippen molar-refractivity contribution in [2.45, 2.75) is 13.8 Å². The number of aryl methyl sites for hydroxylation is 1. The standard InChI is InChI=1S/C18H17IN2O5/c1-4-25-16(22)9-26-17-14(19)6-11(7-15(17)24-3)12-5-10(2)21-18(23)13(12)8-20/h5-7H,4,9H2,1-3H3,(H,21,23). The van der Waals surface area contributed by atoms with E-state index >= 15 is 0 Å². The van der Waals surface area contributed by atoms with Gasteiger partial charge in [0.1, 0.15) is 11.6 Å². The largest absolute Gasteiger partial charge is 0.493 e. The molecule has 0 spiro atoms. The molecule has 0 amide bonds. The van der Waals surface area contributed by atoms with Crippen molar-refractivity contribution in [2.24, 2.45) is 0 Å². The van der Waals surface area contributed by atoms with Crippen LogP contribution >= 0.6 is 22.6 Å². The number of ether oxygens (including phenoxy) is 3. The van der Waals surface area contributed by atoms with E-state index in [1.165, 1.54) is 7.11 Å². The summed E-state index contributed by atoms with van der Waals surface area (Å²) < 4.78 is 16.4. The second kappa shape index (κ2) is 8.71. The number of nitrogens with one attached hydrogen (secondary N) is 1. The number of nitriles is 1. The number of halogens is 1. The zero-order valence-electron chi connectivity index (χ0n) is 14.5. The van der Waals surface area contributed by atoms with Gasteiger partial charge in [-0.2, -0.15) is 5.26 Å². The molecule has 1 N–H and O–H groups in total. The minimum Gasteiger partial charge on any atom is -0.493 e. The van der Waals surface area contributed by atoms with E-state index in [0.29, 0.717) is 31.9 Å². The Morgan fingerprint density at radius 1 is 1.35 bits per heavy atom. The van der Waals surface area contributed by atoms with Crippen molar-refractivity contribution in [3.8, 4) is 28.7 Å². The number of methoxy groups -OCH3 is 1. The Morgan fingerprint density at radius 3 is 2.69 bits per heavy atom. The second-order valence-corrected chi connectivity index (χ2v) is 6.43. The van der Waals surface area contributed by atoms with Crippen molar-refractivity contribution in [1.82, 2.24) is 4.98 Å². The van der Waals surface area contributed by atoms with E-state index in [4.69, 9.17) is 14.2 Å². The number of nitrogens with zero attached hydrogens (tertiary/aromatic N) is 1. The highest BCUT2D eigenvalue weighted by atomic mass is 127. The summed E-state index contributed by atoms with van der Waals surface area (Å²) in [6.07, 6.45) is 0. The SMILES string of the molecule is CCOC(=O)COc1c(I)cc(-c2cc(C)[nH]c(=O)c2C#N)cc1OC. The Balaban J connectivity index is 2.49. The fraction of sp³-hybridized carbons (Fsp3) is 0.278. The molecule has 1 aromatic carbocycles. The first kappa shape index (κ1) is 19.8. The van der Waals surface area contributed by atoms with Gasteiger partial charge in [-0.05, 0) is 60.2 Å². The zero-order chi connectivity index (χ0) is 19.3. The van der Waals surface area contributed by atoms with Gasteiger partial charge in [-0.25, -0.2) is 4.79 Å². The van der Waals surface area contributed by atoms with E-state index in [1.54, 1.807) is 32.0 Å². The Labute approximate surface area is 164 Å². The zero-order valence-corrected chi connectivity index (χ0v) is 16.7. The van der Waals surface area contributed by atoms with Crippen LogP contribution in [0.4, 0.5) is 0 Å². The normalized spacial score (nSPS) is 10.1. The quantitative estimate of drug-likeness (QED) is 0.517. The van der Waals surface area contributed by atoms with Crippen LogP contribution in [0.3, 0.4) is 0 Å². The molecule has 0 aliphatic heterocycles. The summed E-state index contributed by atoms with van der Waals surface area (Å²) >= 11 is 2.05. The first-order valence-electron chi connectivity index (χ1n) is 7.71. The number of aromatic amines is 1. The van der Waals surface area contributed by atoms with Crippen LogP contribution in [0.5, 0.6) is 11.5 Å². The summed E-state index contributed by atoms with van der Waals surface area (Å²) in [4.78, 5) is 26.1. The first-order chi connectivity index (χ1) is 12.4. The summed E-state index contributed by atoms with van der Waals surface area (Å²) in [6, 6.07) is 7.09. The minimum atomic E-state index is -0.480. The lowest BCUT2D eigenvalue weighted by Crippen LogP contribution is -2.15. The van der Waals surface area contributed by atoms with Gasteiger partial charge >= 0.3 is 5.97 Å². The van der Waals surface area contributed by atoms with E-state index in [-0.39, 0.29) is 18.8 Å². The van der Waals surface area contributed by atoms with Crippen molar-refractivity contribution >= 4 is 28.6 Å². The van der Waals surface area contributed by atoms with Gasteiger partial charge in [0.25, 0.3) is 5.56 Å². The highest BCUT2D eigenvalue weighted by Crippen LogP contribution is 2.37. The first-order valence-corrected chi connectivity index (χ1v) is 8.79. The average molecular weight is 468 g/mol. The number of hydrogen-bond donors (Lipinski definition) is 1. The molecule has 0 unspecified atom stereocenters. The van der Waals surface area contributed by atoms with Crippen molar-refractivity contribution < 1.29 is 19.0 Å². The van der Waals surface area contributed by atoms with E-state index in [1.807, 2.05) is 28.7 Å². The predicted octanol–water partition coefficient (Wildman–Crippen LogP) is 2.78. The van der Waals surface area contributed by atoms with Crippen LogP contribution in [0.25, 0.3) is 11.1 Å². The number of rotatable bonds is 6. The Morgan fingerprint density at radius 2 is 2.08 bits per heavy atom. The molecule has 0 aliphatic rings. The van der Waals surface area contributed by atoms with Crippen molar-refractivity contribution in [3.05, 3.63) is 43.4 Å². The van der Waals surface area contributed by atoms with Gasteiger partial charge in [-0.1, -0.05) is 0 Å². The monoisotopic (exact) mass is 468 g/mol. The number of esters is 1. The van der Waals surface area contributed by atoms with Crippen LogP contribution in [0.2, 0.25) is 0 Å². The highest BCUT2D eigenvalue weighted by molar-refractivity contribution is 14.1. The third kappa shape index (κ3) is 4.35. The molecule has 0 aliphatic carbocycles. The number of H-pyrrole nitrogens is 1. The fourth-order valence-electron chi connectivity index (χ4n) is 2.38. The Kier molecular flexibility index (Phi) is 6.63. The van der Waals surface area contributed by atoms with Crippen molar-refractivity contribution in [1.29, 1.82) is 5.26 Å². The summed E-state index contributed by atoms with van der Waals surface area (Å²) in [5, 5.41) is 9.32. The summed E-state index contributed by atoms with van der Waals surface area (Å²) in [5.41, 5.74) is 1.36. The smallest absolute Gasteiger partial charge is 0.344 e. The number of benzene rings is 1. The Hall–Kier alpha value is -2.54. The van der Waals surface area contributed by atoms with E-state index < -0.39 is 11.5 Å². The number of aromatic nitrogens is 1. The molecule has 136 valence electrons. The molecule has 0 bridgehead atoms.